The maximum atomic E-state index is 14.7. The molecule has 1 heteroatoms. The molecular weight excluding hydrogens is 677 g/mol. The SMILES string of the molecule is CCCCCCCCCCCC#Cc1ccc(C2=C(C3=CCCC=C3)C(=O)C(c3ccccc3)=C2c2ccc(C#CCCCCCCCCCCC)cc2)cc1. The minimum Gasteiger partial charge on any atom is -0.289 e. The first-order valence-corrected chi connectivity index (χ1v) is 22.4. The highest BCUT2D eigenvalue weighted by molar-refractivity contribution is 6.48. The summed E-state index contributed by atoms with van der Waals surface area (Å²) in [5.74, 6) is 13.8. The highest BCUT2D eigenvalue weighted by Gasteiger charge is 2.36. The van der Waals surface area contributed by atoms with Crippen LogP contribution in [-0.4, -0.2) is 5.78 Å². The highest BCUT2D eigenvalue weighted by Crippen LogP contribution is 2.49. The second kappa shape index (κ2) is 24.8. The number of hydrogen-bond acceptors (Lipinski definition) is 1. The Balaban J connectivity index is 1.32. The van der Waals surface area contributed by atoms with E-state index < -0.39 is 0 Å². The molecule has 56 heavy (non-hydrogen) atoms. The number of benzene rings is 3. The van der Waals surface area contributed by atoms with Gasteiger partial charge in [0, 0.05) is 46.3 Å². The van der Waals surface area contributed by atoms with Crippen LogP contribution in [0.1, 0.15) is 183 Å². The molecule has 0 aliphatic heterocycles. The van der Waals surface area contributed by atoms with Crippen LogP contribution in [0.5, 0.6) is 0 Å². The molecular formula is C55H66O. The zero-order valence-electron chi connectivity index (χ0n) is 34.7. The summed E-state index contributed by atoms with van der Waals surface area (Å²) in [4.78, 5) is 14.7. The number of Topliss-reactive ketones (excluding diaryl/α,β-unsaturated/α-hetero) is 1. The van der Waals surface area contributed by atoms with Gasteiger partial charge in [0.1, 0.15) is 0 Å². The van der Waals surface area contributed by atoms with Crippen LogP contribution in [0, 0.1) is 23.7 Å². The molecule has 0 atom stereocenters. The van der Waals surface area contributed by atoms with Gasteiger partial charge in [-0.15, -0.1) is 0 Å². The zero-order valence-corrected chi connectivity index (χ0v) is 34.7. The van der Waals surface area contributed by atoms with Gasteiger partial charge in [0.25, 0.3) is 0 Å². The third-order valence-electron chi connectivity index (χ3n) is 11.2. The van der Waals surface area contributed by atoms with Gasteiger partial charge in [0.15, 0.2) is 5.78 Å². The van der Waals surface area contributed by atoms with E-state index in [1.165, 1.54) is 116 Å². The summed E-state index contributed by atoms with van der Waals surface area (Å²) in [5.41, 5.74) is 9.65. The molecule has 1 nitrogen and oxygen atoms in total. The Kier molecular flexibility index (Phi) is 18.9. The first-order valence-electron chi connectivity index (χ1n) is 22.4. The van der Waals surface area contributed by atoms with Crippen molar-refractivity contribution in [2.45, 2.75) is 155 Å². The Bertz CT molecular complexity index is 1910. The van der Waals surface area contributed by atoms with Crippen LogP contribution in [0.15, 0.2) is 108 Å². The Morgan fingerprint density at radius 2 is 0.875 bits per heavy atom. The molecule has 5 rings (SSSR count). The maximum Gasteiger partial charge on any atom is 0.195 e. The fourth-order valence-corrected chi connectivity index (χ4v) is 7.95. The van der Waals surface area contributed by atoms with Gasteiger partial charge in [-0.25, -0.2) is 0 Å². The number of ketones is 1. The third kappa shape index (κ3) is 13.3. The number of allylic oxidation sites excluding steroid dienone is 8. The van der Waals surface area contributed by atoms with E-state index in [9.17, 15) is 4.79 Å². The van der Waals surface area contributed by atoms with Crippen molar-refractivity contribution in [1.29, 1.82) is 0 Å². The predicted octanol–water partition coefficient (Wildman–Crippen LogP) is 15.5. The molecule has 292 valence electrons. The van der Waals surface area contributed by atoms with Gasteiger partial charge in [0.05, 0.1) is 0 Å². The second-order valence-electron chi connectivity index (χ2n) is 15.7. The Labute approximate surface area is 340 Å². The van der Waals surface area contributed by atoms with E-state index in [1.54, 1.807) is 0 Å². The Morgan fingerprint density at radius 1 is 0.446 bits per heavy atom. The van der Waals surface area contributed by atoms with Crippen molar-refractivity contribution in [2.75, 3.05) is 0 Å². The van der Waals surface area contributed by atoms with Gasteiger partial charge in [-0.3, -0.25) is 4.79 Å². The molecule has 0 unspecified atom stereocenters. The molecule has 0 N–H and O–H groups in total. The van der Waals surface area contributed by atoms with E-state index in [-0.39, 0.29) is 5.78 Å². The summed E-state index contributed by atoms with van der Waals surface area (Å²) < 4.78 is 0. The molecule has 2 aliphatic carbocycles. The van der Waals surface area contributed by atoms with Crippen molar-refractivity contribution in [3.05, 3.63) is 136 Å². The van der Waals surface area contributed by atoms with Crippen molar-refractivity contribution >= 4 is 22.5 Å². The standard InChI is InChI=1S/C55H66O/c1-3-5-7-9-11-13-15-17-19-21-25-31-45-37-41-49(42-38-45)51-52(54(48-35-29-24-30-36-48)55(56)53(51)47-33-27-23-28-34-47)50-43-39-46(40-44-50)32-26-22-20-18-16-14-12-10-8-6-4-2/h23,27-29,33-44H,3-22,24,30H2,1-2H3. The van der Waals surface area contributed by atoms with Crippen LogP contribution in [0.4, 0.5) is 0 Å². The van der Waals surface area contributed by atoms with Crippen LogP contribution >= 0.6 is 0 Å². The van der Waals surface area contributed by atoms with Gasteiger partial charge in [-0.05, 0) is 72.2 Å². The summed E-state index contributed by atoms with van der Waals surface area (Å²) in [5, 5.41) is 0. The van der Waals surface area contributed by atoms with Gasteiger partial charge < -0.3 is 0 Å². The van der Waals surface area contributed by atoms with Gasteiger partial charge in [-0.1, -0.05) is 213 Å². The average molecular weight is 743 g/mol. The van der Waals surface area contributed by atoms with Crippen molar-refractivity contribution < 1.29 is 4.79 Å². The molecule has 3 aromatic carbocycles. The van der Waals surface area contributed by atoms with E-state index in [1.807, 2.05) is 18.2 Å². The Morgan fingerprint density at radius 3 is 1.32 bits per heavy atom. The number of carbonyl (C=O) groups excluding carboxylic acids is 1. The lowest BCUT2D eigenvalue weighted by Crippen LogP contribution is -2.05. The lowest BCUT2D eigenvalue weighted by molar-refractivity contribution is -0.110. The van der Waals surface area contributed by atoms with Crippen LogP contribution in [0.2, 0.25) is 0 Å². The molecule has 0 heterocycles. The second-order valence-corrected chi connectivity index (χ2v) is 15.7. The quantitative estimate of drug-likeness (QED) is 0.0740. The summed E-state index contributed by atoms with van der Waals surface area (Å²) in [6.45, 7) is 4.55. The topological polar surface area (TPSA) is 17.1 Å². The summed E-state index contributed by atoms with van der Waals surface area (Å²) in [6.07, 6.45) is 34.3. The first kappa shape index (κ1) is 42.6. The lowest BCUT2D eigenvalue weighted by Gasteiger charge is -2.15. The van der Waals surface area contributed by atoms with E-state index in [2.05, 4.69) is 116 Å². The fraction of sp³-hybridized carbons (Fsp3) is 0.436. The monoisotopic (exact) mass is 743 g/mol. The van der Waals surface area contributed by atoms with Gasteiger partial charge >= 0.3 is 0 Å². The molecule has 0 fully saturated rings. The average Bonchev–Trinajstić information content (AvgIpc) is 3.55. The normalized spacial score (nSPS) is 13.8. The molecule has 0 saturated carbocycles. The number of rotatable bonds is 22. The van der Waals surface area contributed by atoms with Crippen LogP contribution in [0.25, 0.3) is 16.7 Å². The largest absolute Gasteiger partial charge is 0.289 e. The van der Waals surface area contributed by atoms with Crippen LogP contribution < -0.4 is 0 Å². The van der Waals surface area contributed by atoms with Crippen molar-refractivity contribution in [3.63, 3.8) is 0 Å². The van der Waals surface area contributed by atoms with E-state index >= 15 is 0 Å². The molecule has 0 saturated heterocycles. The van der Waals surface area contributed by atoms with Gasteiger partial charge in [0.2, 0.25) is 0 Å². The Hall–Kier alpha value is -4.59. The fourth-order valence-electron chi connectivity index (χ4n) is 7.95. The first-order chi connectivity index (χ1) is 27.7. The van der Waals surface area contributed by atoms with E-state index in [4.69, 9.17) is 0 Å². The van der Waals surface area contributed by atoms with Crippen LogP contribution in [-0.2, 0) is 4.79 Å². The maximum absolute atomic E-state index is 14.7. The number of unbranched alkanes of at least 4 members (excludes halogenated alkanes) is 18. The third-order valence-corrected chi connectivity index (χ3v) is 11.2. The molecule has 0 bridgehead atoms. The highest BCUT2D eigenvalue weighted by atomic mass is 16.1. The summed E-state index contributed by atoms with van der Waals surface area (Å²) in [7, 11) is 0. The molecule has 0 aromatic heterocycles. The van der Waals surface area contributed by atoms with Crippen molar-refractivity contribution in [1.82, 2.24) is 0 Å². The molecule has 2 aliphatic rings. The smallest absolute Gasteiger partial charge is 0.195 e. The minimum absolute atomic E-state index is 0.0913. The van der Waals surface area contributed by atoms with E-state index in [0.29, 0.717) is 0 Å². The predicted molar refractivity (Wildman–Crippen MR) is 242 cm³/mol. The zero-order chi connectivity index (χ0) is 39.0. The number of hydrogen-bond donors (Lipinski definition) is 0. The van der Waals surface area contributed by atoms with Gasteiger partial charge in [-0.2, -0.15) is 0 Å². The summed E-state index contributed by atoms with van der Waals surface area (Å²) in [6, 6.07) is 27.4. The molecule has 3 aromatic rings. The minimum atomic E-state index is 0.0913. The van der Waals surface area contributed by atoms with E-state index in [0.717, 1.165) is 81.4 Å². The number of carbonyl (C=O) groups is 1. The molecule has 0 spiro atoms. The van der Waals surface area contributed by atoms with Crippen molar-refractivity contribution in [2.24, 2.45) is 0 Å². The lowest BCUT2D eigenvalue weighted by atomic mass is 9.88. The van der Waals surface area contributed by atoms with Crippen molar-refractivity contribution in [3.8, 4) is 23.7 Å². The van der Waals surface area contributed by atoms with Crippen LogP contribution in [0.3, 0.4) is 0 Å². The summed E-state index contributed by atoms with van der Waals surface area (Å²) >= 11 is 0. The molecule has 0 radical (unpaired) electrons. The molecule has 0 amide bonds.